The van der Waals surface area contributed by atoms with E-state index in [1.165, 1.54) is 6.92 Å². The van der Waals surface area contributed by atoms with Crippen molar-refractivity contribution in [2.75, 3.05) is 6.61 Å². The molecule has 0 aromatic carbocycles. The van der Waals surface area contributed by atoms with E-state index in [2.05, 4.69) is 10.1 Å². The van der Waals surface area contributed by atoms with Crippen LogP contribution in [0.25, 0.3) is 11.0 Å². The normalized spacial score (nSPS) is 10.6. The maximum absolute atomic E-state index is 10.6. The van der Waals surface area contributed by atoms with Crippen LogP contribution >= 0.6 is 0 Å². The van der Waals surface area contributed by atoms with E-state index in [-0.39, 0.29) is 5.97 Å². The van der Waals surface area contributed by atoms with Gasteiger partial charge >= 0.3 is 5.97 Å². The Balaban J connectivity index is 2.21. The van der Waals surface area contributed by atoms with Gasteiger partial charge in [-0.1, -0.05) is 0 Å². The van der Waals surface area contributed by atoms with Gasteiger partial charge in [-0.25, -0.2) is 0 Å². The second-order valence-electron chi connectivity index (χ2n) is 3.52. The SMILES string of the molecule is CC(=O)OCCn1nc(C)c2ncccc21. The van der Waals surface area contributed by atoms with Crippen LogP contribution in [0.5, 0.6) is 0 Å². The Labute approximate surface area is 93.0 Å². The summed E-state index contributed by atoms with van der Waals surface area (Å²) in [4.78, 5) is 14.9. The minimum Gasteiger partial charge on any atom is -0.464 e. The Morgan fingerprint density at radius 1 is 1.56 bits per heavy atom. The van der Waals surface area contributed by atoms with Crippen molar-refractivity contribution in [3.05, 3.63) is 24.0 Å². The molecule has 0 fully saturated rings. The number of fused-ring (bicyclic) bond motifs is 1. The minimum atomic E-state index is -0.272. The van der Waals surface area contributed by atoms with E-state index in [4.69, 9.17) is 4.74 Å². The highest BCUT2D eigenvalue weighted by Crippen LogP contribution is 2.14. The molecule has 0 radical (unpaired) electrons. The molecular formula is C11H13N3O2. The summed E-state index contributed by atoms with van der Waals surface area (Å²) in [6.07, 6.45) is 1.74. The first-order valence-corrected chi connectivity index (χ1v) is 5.10. The fraction of sp³-hybridized carbons (Fsp3) is 0.364. The first kappa shape index (κ1) is 10.6. The first-order valence-electron chi connectivity index (χ1n) is 5.10. The summed E-state index contributed by atoms with van der Waals surface area (Å²) in [7, 11) is 0. The van der Waals surface area contributed by atoms with Crippen molar-refractivity contribution in [2.24, 2.45) is 0 Å². The third-order valence-electron chi connectivity index (χ3n) is 2.29. The molecule has 0 aliphatic heterocycles. The molecule has 5 heteroatoms. The predicted molar refractivity (Wildman–Crippen MR) is 58.9 cm³/mol. The zero-order valence-electron chi connectivity index (χ0n) is 9.30. The summed E-state index contributed by atoms with van der Waals surface area (Å²) in [5.41, 5.74) is 2.75. The van der Waals surface area contributed by atoms with Crippen molar-refractivity contribution >= 4 is 17.0 Å². The third kappa shape index (κ3) is 2.03. The van der Waals surface area contributed by atoms with Crippen LogP contribution in [0.3, 0.4) is 0 Å². The number of pyridine rings is 1. The fourth-order valence-electron chi connectivity index (χ4n) is 1.61. The van der Waals surface area contributed by atoms with Crippen molar-refractivity contribution in [1.29, 1.82) is 0 Å². The van der Waals surface area contributed by atoms with Crippen LogP contribution in [0, 0.1) is 6.92 Å². The Morgan fingerprint density at radius 2 is 2.38 bits per heavy atom. The van der Waals surface area contributed by atoms with Crippen molar-refractivity contribution in [3.8, 4) is 0 Å². The average Bonchev–Trinajstić information content (AvgIpc) is 2.57. The molecule has 2 aromatic rings. The lowest BCUT2D eigenvalue weighted by molar-refractivity contribution is -0.141. The van der Waals surface area contributed by atoms with Gasteiger partial charge in [0, 0.05) is 13.1 Å². The molecule has 0 amide bonds. The molecule has 0 N–H and O–H groups in total. The molecule has 0 bridgehead atoms. The van der Waals surface area contributed by atoms with E-state index in [0.29, 0.717) is 13.2 Å². The molecule has 5 nitrogen and oxygen atoms in total. The van der Waals surface area contributed by atoms with Gasteiger partial charge in [-0.15, -0.1) is 0 Å². The second-order valence-corrected chi connectivity index (χ2v) is 3.52. The maximum atomic E-state index is 10.6. The van der Waals surface area contributed by atoms with E-state index in [0.717, 1.165) is 16.7 Å². The molecule has 16 heavy (non-hydrogen) atoms. The van der Waals surface area contributed by atoms with Crippen molar-refractivity contribution in [2.45, 2.75) is 20.4 Å². The van der Waals surface area contributed by atoms with Gasteiger partial charge in [-0.3, -0.25) is 14.5 Å². The molecule has 0 atom stereocenters. The van der Waals surface area contributed by atoms with Gasteiger partial charge in [0.2, 0.25) is 0 Å². The average molecular weight is 219 g/mol. The number of carbonyl (C=O) groups is 1. The topological polar surface area (TPSA) is 57.0 Å². The van der Waals surface area contributed by atoms with Crippen LogP contribution in [0.4, 0.5) is 0 Å². The van der Waals surface area contributed by atoms with Gasteiger partial charge in [0.1, 0.15) is 12.1 Å². The Morgan fingerprint density at radius 3 is 3.12 bits per heavy atom. The van der Waals surface area contributed by atoms with Gasteiger partial charge in [0.05, 0.1) is 17.8 Å². The molecule has 0 spiro atoms. The third-order valence-corrected chi connectivity index (χ3v) is 2.29. The first-order chi connectivity index (χ1) is 7.68. The molecule has 2 rings (SSSR count). The van der Waals surface area contributed by atoms with Crippen LogP contribution in [0.15, 0.2) is 18.3 Å². The number of nitrogens with zero attached hydrogens (tertiary/aromatic N) is 3. The molecule has 84 valence electrons. The van der Waals surface area contributed by atoms with Gasteiger partial charge in [-0.2, -0.15) is 5.10 Å². The highest BCUT2D eigenvalue weighted by atomic mass is 16.5. The standard InChI is InChI=1S/C11H13N3O2/c1-8-11-10(4-3-5-12-11)14(13-8)6-7-16-9(2)15/h3-5H,6-7H2,1-2H3. The molecular weight excluding hydrogens is 206 g/mol. The molecule has 0 unspecified atom stereocenters. The zero-order chi connectivity index (χ0) is 11.5. The summed E-state index contributed by atoms with van der Waals surface area (Å²) >= 11 is 0. The van der Waals surface area contributed by atoms with Crippen LogP contribution in [0.2, 0.25) is 0 Å². The van der Waals surface area contributed by atoms with E-state index < -0.39 is 0 Å². The molecule has 2 heterocycles. The highest BCUT2D eigenvalue weighted by molar-refractivity contribution is 5.76. The van der Waals surface area contributed by atoms with Gasteiger partial charge in [0.15, 0.2) is 0 Å². The van der Waals surface area contributed by atoms with Crippen molar-refractivity contribution < 1.29 is 9.53 Å². The largest absolute Gasteiger partial charge is 0.464 e. The summed E-state index contributed by atoms with van der Waals surface area (Å²) < 4.78 is 6.69. The van der Waals surface area contributed by atoms with E-state index in [9.17, 15) is 4.79 Å². The lowest BCUT2D eigenvalue weighted by Gasteiger charge is -2.03. The van der Waals surface area contributed by atoms with Crippen LogP contribution in [-0.2, 0) is 16.1 Å². The summed E-state index contributed by atoms with van der Waals surface area (Å²) in [6, 6.07) is 3.82. The predicted octanol–water partition coefficient (Wildman–Crippen LogP) is 1.30. The second kappa shape index (κ2) is 4.30. The van der Waals surface area contributed by atoms with Crippen LogP contribution in [0.1, 0.15) is 12.6 Å². The van der Waals surface area contributed by atoms with Crippen LogP contribution in [-0.4, -0.2) is 27.3 Å². The summed E-state index contributed by atoms with van der Waals surface area (Å²) in [5.74, 6) is -0.272. The van der Waals surface area contributed by atoms with E-state index >= 15 is 0 Å². The van der Waals surface area contributed by atoms with Gasteiger partial charge < -0.3 is 4.74 Å². The van der Waals surface area contributed by atoms with Crippen molar-refractivity contribution in [3.63, 3.8) is 0 Å². The van der Waals surface area contributed by atoms with E-state index in [1.54, 1.807) is 10.9 Å². The minimum absolute atomic E-state index is 0.272. The fourth-order valence-corrected chi connectivity index (χ4v) is 1.61. The monoisotopic (exact) mass is 219 g/mol. The van der Waals surface area contributed by atoms with Crippen LogP contribution < -0.4 is 0 Å². The number of rotatable bonds is 3. The Bertz CT molecular complexity index is 519. The molecule has 0 aliphatic carbocycles. The lowest BCUT2D eigenvalue weighted by Crippen LogP contribution is -2.09. The molecule has 0 aliphatic rings. The number of carbonyl (C=O) groups excluding carboxylic acids is 1. The number of hydrogen-bond acceptors (Lipinski definition) is 4. The van der Waals surface area contributed by atoms with Crippen molar-refractivity contribution in [1.82, 2.24) is 14.8 Å². The zero-order valence-corrected chi connectivity index (χ0v) is 9.30. The molecule has 0 saturated heterocycles. The number of aromatic nitrogens is 3. The summed E-state index contributed by atoms with van der Waals surface area (Å²) in [6.45, 7) is 4.20. The lowest BCUT2D eigenvalue weighted by atomic mass is 10.3. The maximum Gasteiger partial charge on any atom is 0.302 e. The molecule has 0 saturated carbocycles. The Kier molecular flexibility index (Phi) is 2.85. The summed E-state index contributed by atoms with van der Waals surface area (Å²) in [5, 5.41) is 4.35. The smallest absolute Gasteiger partial charge is 0.302 e. The highest BCUT2D eigenvalue weighted by Gasteiger charge is 2.07. The quantitative estimate of drug-likeness (QED) is 0.730. The molecule has 2 aromatic heterocycles. The number of hydrogen-bond donors (Lipinski definition) is 0. The number of ether oxygens (including phenoxy) is 1. The Hall–Kier alpha value is -1.91. The number of esters is 1. The van der Waals surface area contributed by atoms with Gasteiger partial charge in [-0.05, 0) is 19.1 Å². The van der Waals surface area contributed by atoms with E-state index in [1.807, 2.05) is 19.1 Å². The number of aryl methyl sites for hydroxylation is 1. The van der Waals surface area contributed by atoms with Gasteiger partial charge in [0.25, 0.3) is 0 Å².